The molecule has 2 heterocycles. The number of amides is 1. The number of benzene rings is 3. The van der Waals surface area contributed by atoms with Crippen LogP contribution in [0.1, 0.15) is 12.0 Å². The number of carbonyl (C=O) groups excluding carboxylic acids is 1. The number of nitriles is 1. The molecule has 7 heteroatoms. The summed E-state index contributed by atoms with van der Waals surface area (Å²) in [6, 6.07) is 28.1. The summed E-state index contributed by atoms with van der Waals surface area (Å²) in [7, 11) is 0. The zero-order valence-electron chi connectivity index (χ0n) is 18.0. The maximum atomic E-state index is 12.8. The summed E-state index contributed by atoms with van der Waals surface area (Å²) in [6.45, 7) is 0.126. The van der Waals surface area contributed by atoms with Gasteiger partial charge >= 0.3 is 5.76 Å². The minimum atomic E-state index is -0.526. The zero-order chi connectivity index (χ0) is 23.5. The molecule has 2 aromatic heterocycles. The highest BCUT2D eigenvalue weighted by atomic mass is 16.4. The Hall–Kier alpha value is -4.83. The summed E-state index contributed by atoms with van der Waals surface area (Å²) in [4.78, 5) is 25.0. The second-order valence-electron chi connectivity index (χ2n) is 7.64. The van der Waals surface area contributed by atoms with Crippen LogP contribution in [0.3, 0.4) is 0 Å². The lowest BCUT2D eigenvalue weighted by Crippen LogP contribution is -2.19. The van der Waals surface area contributed by atoms with Crippen molar-refractivity contribution in [3.8, 4) is 28.5 Å². The molecule has 0 saturated carbocycles. The first-order valence-electron chi connectivity index (χ1n) is 10.7. The zero-order valence-corrected chi connectivity index (χ0v) is 18.0. The highest BCUT2D eigenvalue weighted by molar-refractivity contribution is 5.95. The predicted octanol–water partition coefficient (Wildman–Crippen LogP) is 5.42. The second-order valence-corrected chi connectivity index (χ2v) is 7.64. The van der Waals surface area contributed by atoms with E-state index < -0.39 is 5.76 Å². The van der Waals surface area contributed by atoms with E-state index in [0.29, 0.717) is 22.4 Å². The summed E-state index contributed by atoms with van der Waals surface area (Å²) in [5.41, 5.74) is 3.53. The third-order valence-electron chi connectivity index (χ3n) is 5.51. The average Bonchev–Trinajstić information content (AvgIpc) is 3.40. The van der Waals surface area contributed by atoms with Gasteiger partial charge in [0.2, 0.25) is 11.8 Å². The number of oxazole rings is 1. The molecule has 0 saturated heterocycles. The van der Waals surface area contributed by atoms with Crippen LogP contribution >= 0.6 is 0 Å². The number of aryl methyl sites for hydroxylation is 1. The van der Waals surface area contributed by atoms with Crippen LogP contribution in [0.15, 0.2) is 98.6 Å². The minimum absolute atomic E-state index is 0.00363. The molecule has 0 aliphatic carbocycles. The first-order chi connectivity index (χ1) is 16.7. The molecule has 0 radical (unpaired) electrons. The largest absolute Gasteiger partial charge is 0.438 e. The number of furan rings is 1. The maximum absolute atomic E-state index is 12.8. The van der Waals surface area contributed by atoms with Crippen molar-refractivity contribution in [2.75, 3.05) is 5.32 Å². The Morgan fingerprint density at radius 3 is 2.24 bits per heavy atom. The smallest absolute Gasteiger partial charge is 0.419 e. The third kappa shape index (κ3) is 3.89. The van der Waals surface area contributed by atoms with Crippen molar-refractivity contribution in [2.24, 2.45) is 0 Å². The molecular formula is C27H19N3O4. The second kappa shape index (κ2) is 8.96. The van der Waals surface area contributed by atoms with Gasteiger partial charge in [0.25, 0.3) is 0 Å². The lowest BCUT2D eigenvalue weighted by atomic mass is 9.98. The van der Waals surface area contributed by atoms with Gasteiger partial charge in [-0.15, -0.1) is 0 Å². The van der Waals surface area contributed by atoms with Crippen molar-refractivity contribution in [1.82, 2.24) is 4.57 Å². The molecule has 3 aromatic carbocycles. The predicted molar refractivity (Wildman–Crippen MR) is 128 cm³/mol. The van der Waals surface area contributed by atoms with Gasteiger partial charge in [-0.05, 0) is 17.7 Å². The number of hydrogen-bond acceptors (Lipinski definition) is 5. The van der Waals surface area contributed by atoms with Crippen LogP contribution in [0, 0.1) is 11.3 Å². The van der Waals surface area contributed by atoms with Gasteiger partial charge in [0.15, 0.2) is 5.58 Å². The molecule has 1 N–H and O–H groups in total. The van der Waals surface area contributed by atoms with E-state index in [4.69, 9.17) is 8.83 Å². The highest BCUT2D eigenvalue weighted by Crippen LogP contribution is 2.41. The third-order valence-corrected chi connectivity index (χ3v) is 5.51. The van der Waals surface area contributed by atoms with E-state index >= 15 is 0 Å². The Bertz CT molecular complexity index is 1570. The normalized spacial score (nSPS) is 10.8. The fraction of sp³-hybridized carbons (Fsp3) is 0.0741. The Morgan fingerprint density at radius 1 is 0.882 bits per heavy atom. The number of carbonyl (C=O) groups is 1. The molecule has 1 amide bonds. The molecule has 0 atom stereocenters. The summed E-state index contributed by atoms with van der Waals surface area (Å²) < 4.78 is 12.7. The molecule has 34 heavy (non-hydrogen) atoms. The van der Waals surface area contributed by atoms with E-state index in [1.54, 1.807) is 24.3 Å². The number of nitrogens with zero attached hydrogens (tertiary/aromatic N) is 2. The van der Waals surface area contributed by atoms with E-state index in [1.165, 1.54) is 4.57 Å². The lowest BCUT2D eigenvalue weighted by molar-refractivity contribution is -0.116. The van der Waals surface area contributed by atoms with Gasteiger partial charge in [-0.2, -0.15) is 5.26 Å². The summed E-state index contributed by atoms with van der Waals surface area (Å²) in [5, 5.41) is 12.7. The van der Waals surface area contributed by atoms with Gasteiger partial charge in [0.05, 0.1) is 5.52 Å². The van der Waals surface area contributed by atoms with Crippen LogP contribution in [0.5, 0.6) is 0 Å². The molecule has 5 rings (SSSR count). The van der Waals surface area contributed by atoms with Crippen LogP contribution in [0.2, 0.25) is 0 Å². The van der Waals surface area contributed by atoms with Gasteiger partial charge in [0, 0.05) is 24.1 Å². The van der Waals surface area contributed by atoms with E-state index in [1.807, 2.05) is 60.7 Å². The quantitative estimate of drug-likeness (QED) is 0.373. The summed E-state index contributed by atoms with van der Waals surface area (Å²) >= 11 is 0. The first-order valence-corrected chi connectivity index (χ1v) is 10.7. The van der Waals surface area contributed by atoms with Gasteiger partial charge in [-0.1, -0.05) is 72.8 Å². The minimum Gasteiger partial charge on any atom is -0.438 e. The van der Waals surface area contributed by atoms with Crippen molar-refractivity contribution >= 4 is 22.9 Å². The highest BCUT2D eigenvalue weighted by Gasteiger charge is 2.24. The Kier molecular flexibility index (Phi) is 5.55. The summed E-state index contributed by atoms with van der Waals surface area (Å²) in [6.07, 6.45) is -0.00363. The lowest BCUT2D eigenvalue weighted by Gasteiger charge is -2.04. The van der Waals surface area contributed by atoms with Crippen LogP contribution in [-0.2, 0) is 11.3 Å². The molecule has 7 nitrogen and oxygen atoms in total. The molecule has 0 unspecified atom stereocenters. The van der Waals surface area contributed by atoms with Gasteiger partial charge < -0.3 is 8.83 Å². The van der Waals surface area contributed by atoms with Crippen molar-refractivity contribution in [3.63, 3.8) is 0 Å². The van der Waals surface area contributed by atoms with E-state index in [0.717, 1.165) is 11.1 Å². The maximum Gasteiger partial charge on any atom is 0.419 e. The number of rotatable bonds is 6. The molecule has 5 aromatic rings. The van der Waals surface area contributed by atoms with E-state index in [-0.39, 0.29) is 30.3 Å². The van der Waals surface area contributed by atoms with Crippen LogP contribution in [0.4, 0.5) is 5.88 Å². The Morgan fingerprint density at radius 2 is 1.53 bits per heavy atom. The van der Waals surface area contributed by atoms with Gasteiger partial charge in [-0.25, -0.2) is 4.79 Å². The van der Waals surface area contributed by atoms with E-state index in [9.17, 15) is 14.9 Å². The van der Waals surface area contributed by atoms with Crippen molar-refractivity contribution in [1.29, 1.82) is 5.26 Å². The number of anilines is 1. The monoisotopic (exact) mass is 449 g/mol. The van der Waals surface area contributed by atoms with Crippen molar-refractivity contribution in [2.45, 2.75) is 13.0 Å². The van der Waals surface area contributed by atoms with Gasteiger partial charge in [0.1, 0.15) is 17.4 Å². The fourth-order valence-electron chi connectivity index (χ4n) is 3.93. The summed E-state index contributed by atoms with van der Waals surface area (Å²) in [5.74, 6) is -0.339. The first kappa shape index (κ1) is 21.0. The Labute approximate surface area is 194 Å². The number of para-hydroxylation sites is 2. The number of nitrogens with one attached hydrogen (secondary N) is 1. The molecule has 0 fully saturated rings. The molecule has 0 bridgehead atoms. The molecule has 166 valence electrons. The number of fused-ring (bicyclic) bond motifs is 1. The standard InChI is InChI=1S/C27H19N3O4/c28-17-20-24(18-9-3-1-4-10-18)25(19-11-5-2-6-12-19)34-26(20)29-23(31)15-16-30-21-13-7-8-14-22(21)33-27(30)32/h1-14H,15-16H2,(H,29,31). The van der Waals surface area contributed by atoms with Crippen LogP contribution in [0.25, 0.3) is 33.6 Å². The van der Waals surface area contributed by atoms with Crippen LogP contribution in [-0.4, -0.2) is 10.5 Å². The molecular weight excluding hydrogens is 430 g/mol. The van der Waals surface area contributed by atoms with Crippen LogP contribution < -0.4 is 11.1 Å². The fourth-order valence-corrected chi connectivity index (χ4v) is 3.93. The van der Waals surface area contributed by atoms with E-state index in [2.05, 4.69) is 11.4 Å². The van der Waals surface area contributed by atoms with Gasteiger partial charge in [-0.3, -0.25) is 14.7 Å². The average molecular weight is 449 g/mol. The van der Waals surface area contributed by atoms with Crippen molar-refractivity contribution in [3.05, 3.63) is 101 Å². The topological polar surface area (TPSA) is 101 Å². The molecule has 0 aliphatic rings. The molecule has 0 aliphatic heterocycles. The number of aromatic nitrogens is 1. The van der Waals surface area contributed by atoms with Crippen molar-refractivity contribution < 1.29 is 13.6 Å². The Balaban J connectivity index is 1.46. The number of hydrogen-bond donors (Lipinski definition) is 1. The molecule has 0 spiro atoms. The SMILES string of the molecule is N#Cc1c(NC(=O)CCn2c(=O)oc3ccccc32)oc(-c2ccccc2)c1-c1ccccc1.